The second-order valence-electron chi connectivity index (χ2n) is 4.80. The summed E-state index contributed by atoms with van der Waals surface area (Å²) in [6.07, 6.45) is 0. The lowest BCUT2D eigenvalue weighted by atomic mass is 9.98. The quantitative estimate of drug-likeness (QED) is 0.816. The number of hydrogen-bond donors (Lipinski definition) is 1. The van der Waals surface area contributed by atoms with Crippen LogP contribution in [0.3, 0.4) is 0 Å². The molecule has 1 N–H and O–H groups in total. The zero-order chi connectivity index (χ0) is 13.8. The van der Waals surface area contributed by atoms with E-state index in [0.29, 0.717) is 11.3 Å². The summed E-state index contributed by atoms with van der Waals surface area (Å²) in [6, 6.07) is 6.47. The number of nitrogens with one attached hydrogen (secondary N) is 1. The first-order valence-electron chi connectivity index (χ1n) is 5.50. The average Bonchev–Trinajstić information content (AvgIpc) is 2.34. The summed E-state index contributed by atoms with van der Waals surface area (Å²) >= 11 is 0. The van der Waals surface area contributed by atoms with Gasteiger partial charge in [-0.05, 0) is 45.0 Å². The molecule has 0 saturated carbocycles. The monoisotopic (exact) mass is 251 g/mol. The summed E-state index contributed by atoms with van der Waals surface area (Å²) in [7, 11) is 1.54. The molecule has 0 aliphatic rings. The largest absolute Gasteiger partial charge is 0.497 e. The Kier molecular flexibility index (Phi) is 4.31. The Morgan fingerprint density at radius 3 is 2.11 bits per heavy atom. The summed E-state index contributed by atoms with van der Waals surface area (Å²) in [5, 5.41) is 0. The molecule has 0 aliphatic heterocycles. The first-order valence-corrected chi connectivity index (χ1v) is 5.50. The lowest BCUT2D eigenvalue weighted by Crippen LogP contribution is -2.33. The zero-order valence-electron chi connectivity index (χ0n) is 10.9. The van der Waals surface area contributed by atoms with Crippen molar-refractivity contribution in [1.82, 2.24) is 5.48 Å². The van der Waals surface area contributed by atoms with Crippen LogP contribution in [0.25, 0.3) is 0 Å². The number of methoxy groups -OCH3 is 1. The maximum absolute atomic E-state index is 11.6. The van der Waals surface area contributed by atoms with Crippen LogP contribution in [0.5, 0.6) is 5.75 Å². The van der Waals surface area contributed by atoms with Gasteiger partial charge >= 0.3 is 5.97 Å². The highest BCUT2D eigenvalue weighted by Gasteiger charge is 2.24. The number of amides is 1. The van der Waals surface area contributed by atoms with Crippen molar-refractivity contribution in [2.45, 2.75) is 20.8 Å². The Labute approximate surface area is 106 Å². The van der Waals surface area contributed by atoms with Gasteiger partial charge in [0.2, 0.25) is 0 Å². The summed E-state index contributed by atoms with van der Waals surface area (Å²) < 4.78 is 4.97. The molecule has 0 spiro atoms. The molecular formula is C13H17NO4. The van der Waals surface area contributed by atoms with Crippen molar-refractivity contribution >= 4 is 11.9 Å². The fraction of sp³-hybridized carbons (Fsp3) is 0.385. The molecule has 0 radical (unpaired) electrons. The van der Waals surface area contributed by atoms with Crippen LogP contribution >= 0.6 is 0 Å². The van der Waals surface area contributed by atoms with E-state index in [2.05, 4.69) is 5.48 Å². The van der Waals surface area contributed by atoms with Gasteiger partial charge in [0, 0.05) is 5.56 Å². The Balaban J connectivity index is 2.58. The van der Waals surface area contributed by atoms with Crippen molar-refractivity contribution in [3.05, 3.63) is 29.8 Å². The maximum Gasteiger partial charge on any atom is 0.337 e. The van der Waals surface area contributed by atoms with E-state index in [1.807, 2.05) is 0 Å². The molecule has 18 heavy (non-hydrogen) atoms. The van der Waals surface area contributed by atoms with Crippen molar-refractivity contribution in [2.24, 2.45) is 5.41 Å². The molecule has 5 nitrogen and oxygen atoms in total. The topological polar surface area (TPSA) is 64.6 Å². The predicted octanol–water partition coefficient (Wildman–Crippen LogP) is 1.93. The van der Waals surface area contributed by atoms with Crippen molar-refractivity contribution in [3.8, 4) is 5.75 Å². The van der Waals surface area contributed by atoms with Gasteiger partial charge in [-0.1, -0.05) is 0 Å². The third-order valence-corrected chi connectivity index (χ3v) is 2.20. The van der Waals surface area contributed by atoms with Gasteiger partial charge in [0.1, 0.15) is 5.75 Å². The summed E-state index contributed by atoms with van der Waals surface area (Å²) in [6.45, 7) is 5.11. The van der Waals surface area contributed by atoms with Crippen LogP contribution in [-0.4, -0.2) is 19.0 Å². The fourth-order valence-corrected chi connectivity index (χ4v) is 1.05. The zero-order valence-corrected chi connectivity index (χ0v) is 10.9. The van der Waals surface area contributed by atoms with E-state index >= 15 is 0 Å². The maximum atomic E-state index is 11.6. The average molecular weight is 251 g/mol. The smallest absolute Gasteiger partial charge is 0.337 e. The van der Waals surface area contributed by atoms with E-state index in [0.717, 1.165) is 0 Å². The number of rotatable bonds is 2. The van der Waals surface area contributed by atoms with Gasteiger partial charge in [0.25, 0.3) is 5.91 Å². The van der Waals surface area contributed by atoms with Crippen molar-refractivity contribution < 1.29 is 19.2 Å². The molecule has 0 aromatic heterocycles. The number of carbonyl (C=O) groups excluding carboxylic acids is 2. The van der Waals surface area contributed by atoms with Crippen LogP contribution < -0.4 is 10.2 Å². The van der Waals surface area contributed by atoms with Gasteiger partial charge < -0.3 is 9.57 Å². The molecule has 1 rings (SSSR count). The van der Waals surface area contributed by atoms with Crippen LogP contribution in [-0.2, 0) is 9.63 Å². The molecule has 0 heterocycles. The summed E-state index contributed by atoms with van der Waals surface area (Å²) in [5.41, 5.74) is 1.84. The second kappa shape index (κ2) is 5.53. The molecule has 0 fully saturated rings. The Morgan fingerprint density at radius 2 is 1.67 bits per heavy atom. The highest BCUT2D eigenvalue weighted by molar-refractivity contribution is 5.94. The highest BCUT2D eigenvalue weighted by atomic mass is 16.7. The lowest BCUT2D eigenvalue weighted by molar-refractivity contribution is -0.158. The minimum Gasteiger partial charge on any atom is -0.497 e. The number of carbonyl (C=O) groups is 2. The molecular weight excluding hydrogens is 234 g/mol. The molecule has 0 saturated heterocycles. The number of benzene rings is 1. The number of ether oxygens (including phenoxy) is 1. The van der Waals surface area contributed by atoms with Crippen molar-refractivity contribution in [3.63, 3.8) is 0 Å². The minimum absolute atomic E-state index is 0.387. The SMILES string of the molecule is COc1ccc(C(=O)NOC(=O)C(C)(C)C)cc1. The highest BCUT2D eigenvalue weighted by Crippen LogP contribution is 2.15. The van der Waals surface area contributed by atoms with Crippen LogP contribution in [0.1, 0.15) is 31.1 Å². The first kappa shape index (κ1) is 14.0. The van der Waals surface area contributed by atoms with Crippen molar-refractivity contribution in [1.29, 1.82) is 0 Å². The molecule has 1 amide bonds. The van der Waals surface area contributed by atoms with E-state index in [-0.39, 0.29) is 0 Å². The van der Waals surface area contributed by atoms with E-state index < -0.39 is 17.3 Å². The molecule has 98 valence electrons. The predicted molar refractivity (Wildman–Crippen MR) is 66.0 cm³/mol. The molecule has 0 atom stereocenters. The lowest BCUT2D eigenvalue weighted by Gasteiger charge is -2.15. The van der Waals surface area contributed by atoms with E-state index in [1.165, 1.54) is 0 Å². The minimum atomic E-state index is -0.660. The Bertz CT molecular complexity index is 431. The van der Waals surface area contributed by atoms with Crippen LogP contribution in [0.2, 0.25) is 0 Å². The van der Waals surface area contributed by atoms with Gasteiger partial charge in [-0.2, -0.15) is 5.48 Å². The van der Waals surface area contributed by atoms with E-state index in [4.69, 9.17) is 9.57 Å². The number of hydroxylamine groups is 1. The van der Waals surface area contributed by atoms with Crippen molar-refractivity contribution in [2.75, 3.05) is 7.11 Å². The van der Waals surface area contributed by atoms with E-state index in [1.54, 1.807) is 52.1 Å². The molecule has 0 unspecified atom stereocenters. The Hall–Kier alpha value is -2.04. The molecule has 5 heteroatoms. The van der Waals surface area contributed by atoms with Crippen LogP contribution in [0, 0.1) is 5.41 Å². The van der Waals surface area contributed by atoms with Gasteiger partial charge in [0.15, 0.2) is 0 Å². The molecule has 1 aromatic carbocycles. The standard InChI is InChI=1S/C13H17NO4/c1-13(2,3)12(16)18-14-11(15)9-5-7-10(17-4)8-6-9/h5-8H,1-4H3,(H,14,15). The fourth-order valence-electron chi connectivity index (χ4n) is 1.05. The van der Waals surface area contributed by atoms with Gasteiger partial charge in [-0.25, -0.2) is 4.79 Å². The van der Waals surface area contributed by atoms with Gasteiger partial charge in [-0.15, -0.1) is 0 Å². The third kappa shape index (κ3) is 3.76. The summed E-state index contributed by atoms with van der Waals surface area (Å²) in [4.78, 5) is 27.8. The third-order valence-electron chi connectivity index (χ3n) is 2.20. The Morgan fingerprint density at radius 1 is 1.11 bits per heavy atom. The van der Waals surface area contributed by atoms with Gasteiger partial charge in [-0.3, -0.25) is 4.79 Å². The van der Waals surface area contributed by atoms with Crippen LogP contribution in [0.15, 0.2) is 24.3 Å². The molecule has 0 bridgehead atoms. The van der Waals surface area contributed by atoms with Gasteiger partial charge in [0.05, 0.1) is 12.5 Å². The number of hydrogen-bond acceptors (Lipinski definition) is 4. The summed E-state index contributed by atoms with van der Waals surface area (Å²) in [5.74, 6) is -0.321. The molecule has 1 aromatic rings. The van der Waals surface area contributed by atoms with E-state index in [9.17, 15) is 9.59 Å². The normalized spacial score (nSPS) is 10.7. The molecule has 0 aliphatic carbocycles. The second-order valence-corrected chi connectivity index (χ2v) is 4.80. The van der Waals surface area contributed by atoms with Crippen LogP contribution in [0.4, 0.5) is 0 Å². The first-order chi connectivity index (χ1) is 8.34.